The summed E-state index contributed by atoms with van der Waals surface area (Å²) in [6.45, 7) is 7.11. The van der Waals surface area contributed by atoms with Crippen molar-refractivity contribution in [2.45, 2.75) is 20.0 Å². The van der Waals surface area contributed by atoms with Gasteiger partial charge in [0.25, 0.3) is 0 Å². The molecule has 16 heavy (non-hydrogen) atoms. The number of allylic oxidation sites excluding steroid dienone is 1. The molecule has 4 heteroatoms. The van der Waals surface area contributed by atoms with E-state index in [1.165, 1.54) is 0 Å². The van der Waals surface area contributed by atoms with Crippen molar-refractivity contribution >= 4 is 5.69 Å². The number of furan rings is 1. The maximum Gasteiger partial charge on any atom is 0.105 e. The molecule has 1 N–H and O–H groups in total. The van der Waals surface area contributed by atoms with Gasteiger partial charge >= 0.3 is 0 Å². The Morgan fingerprint density at radius 2 is 2.50 bits per heavy atom. The van der Waals surface area contributed by atoms with Crippen molar-refractivity contribution in [3.8, 4) is 0 Å². The molecule has 0 aliphatic carbocycles. The van der Waals surface area contributed by atoms with Crippen molar-refractivity contribution in [2.24, 2.45) is 0 Å². The molecule has 2 rings (SSSR count). The summed E-state index contributed by atoms with van der Waals surface area (Å²) in [5, 5.41) is 7.48. The van der Waals surface area contributed by atoms with Crippen molar-refractivity contribution in [3.63, 3.8) is 0 Å². The zero-order valence-corrected chi connectivity index (χ0v) is 9.31. The lowest BCUT2D eigenvalue weighted by atomic mass is 10.2. The van der Waals surface area contributed by atoms with Crippen LogP contribution >= 0.6 is 0 Å². The Balaban J connectivity index is 1.94. The van der Waals surface area contributed by atoms with Crippen LogP contribution in [0.2, 0.25) is 0 Å². The molecule has 0 amide bonds. The molecule has 2 aromatic heterocycles. The number of anilines is 1. The Morgan fingerprint density at radius 3 is 3.19 bits per heavy atom. The van der Waals surface area contributed by atoms with Gasteiger partial charge in [-0.15, -0.1) is 6.58 Å². The van der Waals surface area contributed by atoms with Crippen LogP contribution in [0.15, 0.2) is 41.8 Å². The number of aromatic nitrogens is 2. The maximum absolute atomic E-state index is 5.22. The van der Waals surface area contributed by atoms with E-state index in [2.05, 4.69) is 17.0 Å². The van der Waals surface area contributed by atoms with Gasteiger partial charge in [0.1, 0.15) is 5.76 Å². The Labute approximate surface area is 94.6 Å². The van der Waals surface area contributed by atoms with Gasteiger partial charge in [-0.2, -0.15) is 5.10 Å². The quantitative estimate of drug-likeness (QED) is 0.783. The summed E-state index contributed by atoms with van der Waals surface area (Å²) in [7, 11) is 0. The van der Waals surface area contributed by atoms with Crippen molar-refractivity contribution in [1.29, 1.82) is 0 Å². The minimum absolute atomic E-state index is 0.729. The van der Waals surface area contributed by atoms with E-state index in [1.807, 2.05) is 29.9 Å². The molecule has 0 aromatic carbocycles. The molecule has 0 fully saturated rings. The summed E-state index contributed by atoms with van der Waals surface area (Å²) in [6, 6.07) is 1.97. The molecule has 0 spiro atoms. The van der Waals surface area contributed by atoms with E-state index in [0.29, 0.717) is 0 Å². The number of nitrogens with zero attached hydrogens (tertiary/aromatic N) is 2. The fourth-order valence-electron chi connectivity index (χ4n) is 1.48. The second kappa shape index (κ2) is 4.70. The van der Waals surface area contributed by atoms with Crippen LogP contribution < -0.4 is 5.32 Å². The molecular weight excluding hydrogens is 202 g/mol. The molecule has 0 bridgehead atoms. The van der Waals surface area contributed by atoms with Crippen molar-refractivity contribution in [1.82, 2.24) is 9.78 Å². The molecule has 0 aliphatic rings. The fraction of sp³-hybridized carbons (Fsp3) is 0.250. The molecule has 0 saturated carbocycles. The number of hydrogen-bond donors (Lipinski definition) is 1. The molecule has 4 nitrogen and oxygen atoms in total. The predicted molar refractivity (Wildman–Crippen MR) is 63.2 cm³/mol. The topological polar surface area (TPSA) is 43.0 Å². The Morgan fingerprint density at radius 1 is 1.62 bits per heavy atom. The Bertz CT molecular complexity index is 470. The van der Waals surface area contributed by atoms with E-state index < -0.39 is 0 Å². The first-order valence-corrected chi connectivity index (χ1v) is 5.20. The third-order valence-electron chi connectivity index (χ3n) is 2.40. The van der Waals surface area contributed by atoms with Crippen molar-refractivity contribution in [3.05, 3.63) is 48.7 Å². The highest BCUT2D eigenvalue weighted by Gasteiger charge is 2.01. The second-order valence-electron chi connectivity index (χ2n) is 3.60. The highest BCUT2D eigenvalue weighted by molar-refractivity contribution is 5.39. The minimum Gasteiger partial charge on any atom is -0.469 e. The SMILES string of the molecule is C=CCn1cc(NCc2ccoc2C)cn1. The van der Waals surface area contributed by atoms with Crippen LogP contribution in [0.4, 0.5) is 5.69 Å². The molecule has 0 saturated heterocycles. The smallest absolute Gasteiger partial charge is 0.105 e. The highest BCUT2D eigenvalue weighted by atomic mass is 16.3. The van der Waals surface area contributed by atoms with Gasteiger partial charge in [-0.25, -0.2) is 0 Å². The third-order valence-corrected chi connectivity index (χ3v) is 2.40. The maximum atomic E-state index is 5.22. The van der Waals surface area contributed by atoms with Crippen LogP contribution in [-0.4, -0.2) is 9.78 Å². The lowest BCUT2D eigenvalue weighted by molar-refractivity contribution is 0.530. The number of hydrogen-bond acceptors (Lipinski definition) is 3. The lowest BCUT2D eigenvalue weighted by Gasteiger charge is -2.01. The van der Waals surface area contributed by atoms with Gasteiger partial charge in [-0.3, -0.25) is 4.68 Å². The van der Waals surface area contributed by atoms with Crippen molar-refractivity contribution < 1.29 is 4.42 Å². The van der Waals surface area contributed by atoms with Crippen LogP contribution in [0.25, 0.3) is 0 Å². The normalized spacial score (nSPS) is 10.3. The summed E-state index contributed by atoms with van der Waals surface area (Å²) in [4.78, 5) is 0. The monoisotopic (exact) mass is 217 g/mol. The van der Waals surface area contributed by atoms with Crippen molar-refractivity contribution in [2.75, 3.05) is 5.32 Å². The van der Waals surface area contributed by atoms with Crippen LogP contribution in [0.1, 0.15) is 11.3 Å². The van der Waals surface area contributed by atoms with Crippen LogP contribution in [0, 0.1) is 6.92 Å². The van der Waals surface area contributed by atoms with Gasteiger partial charge < -0.3 is 9.73 Å². The first-order chi connectivity index (χ1) is 7.79. The zero-order valence-electron chi connectivity index (χ0n) is 9.31. The summed E-state index contributed by atoms with van der Waals surface area (Å²) in [5.74, 6) is 0.950. The van der Waals surface area contributed by atoms with Crippen LogP contribution in [0.5, 0.6) is 0 Å². The van der Waals surface area contributed by atoms with E-state index in [9.17, 15) is 0 Å². The molecule has 0 aliphatic heterocycles. The molecule has 0 atom stereocenters. The third kappa shape index (κ3) is 2.34. The van der Waals surface area contributed by atoms with E-state index >= 15 is 0 Å². The van der Waals surface area contributed by atoms with Gasteiger partial charge in [0, 0.05) is 18.3 Å². The lowest BCUT2D eigenvalue weighted by Crippen LogP contribution is -1.98. The van der Waals surface area contributed by atoms with Crippen LogP contribution in [-0.2, 0) is 13.1 Å². The number of nitrogens with one attached hydrogen (secondary N) is 1. The average molecular weight is 217 g/mol. The van der Waals surface area contributed by atoms with E-state index in [0.717, 1.165) is 30.1 Å². The highest BCUT2D eigenvalue weighted by Crippen LogP contribution is 2.12. The molecule has 0 radical (unpaired) electrons. The summed E-state index contributed by atoms with van der Waals surface area (Å²) < 4.78 is 7.05. The zero-order chi connectivity index (χ0) is 11.4. The van der Waals surface area contributed by atoms with Gasteiger partial charge in [-0.05, 0) is 13.0 Å². The predicted octanol–water partition coefficient (Wildman–Crippen LogP) is 2.58. The van der Waals surface area contributed by atoms with Crippen LogP contribution in [0.3, 0.4) is 0 Å². The molecule has 2 heterocycles. The minimum atomic E-state index is 0.729. The molecule has 2 aromatic rings. The summed E-state index contributed by atoms with van der Waals surface area (Å²) >= 11 is 0. The first-order valence-electron chi connectivity index (χ1n) is 5.20. The summed E-state index contributed by atoms with van der Waals surface area (Å²) in [6.07, 6.45) is 7.28. The summed E-state index contributed by atoms with van der Waals surface area (Å²) in [5.41, 5.74) is 2.17. The molecular formula is C12H15N3O. The van der Waals surface area contributed by atoms with E-state index in [4.69, 9.17) is 4.42 Å². The average Bonchev–Trinajstić information content (AvgIpc) is 2.86. The molecule has 84 valence electrons. The Hall–Kier alpha value is -1.97. The van der Waals surface area contributed by atoms with E-state index in [1.54, 1.807) is 12.5 Å². The van der Waals surface area contributed by atoms with E-state index in [-0.39, 0.29) is 0 Å². The fourth-order valence-corrected chi connectivity index (χ4v) is 1.48. The standard InChI is InChI=1S/C12H15N3O/c1-3-5-15-9-12(8-14-15)13-7-11-4-6-16-10(11)2/h3-4,6,8-9,13H,1,5,7H2,2H3. The Kier molecular flexibility index (Phi) is 3.10. The number of aryl methyl sites for hydroxylation is 1. The largest absolute Gasteiger partial charge is 0.469 e. The first kappa shape index (κ1) is 10.5. The van der Waals surface area contributed by atoms with Gasteiger partial charge in [0.15, 0.2) is 0 Å². The van der Waals surface area contributed by atoms with Gasteiger partial charge in [-0.1, -0.05) is 6.08 Å². The van der Waals surface area contributed by atoms with Gasteiger partial charge in [0.05, 0.1) is 24.7 Å². The second-order valence-corrected chi connectivity index (χ2v) is 3.60. The van der Waals surface area contributed by atoms with Gasteiger partial charge in [0.2, 0.25) is 0 Å². The number of rotatable bonds is 5. The molecule has 0 unspecified atom stereocenters.